The van der Waals surface area contributed by atoms with Gasteiger partial charge < -0.3 is 9.72 Å². The average molecular weight is 469 g/mol. The Labute approximate surface area is 191 Å². The number of rotatable bonds is 8. The third kappa shape index (κ3) is 4.32. The normalized spacial score (nSPS) is 16.7. The van der Waals surface area contributed by atoms with Crippen molar-refractivity contribution in [2.24, 2.45) is 0 Å². The van der Waals surface area contributed by atoms with E-state index in [2.05, 4.69) is 25.8 Å². The van der Waals surface area contributed by atoms with Gasteiger partial charge in [0, 0.05) is 35.0 Å². The zero-order valence-electron chi connectivity index (χ0n) is 17.5. The zero-order chi connectivity index (χ0) is 22.0. The molecular weight excluding hydrogens is 444 g/mol. The maximum absolute atomic E-state index is 12.6. The van der Waals surface area contributed by atoms with Gasteiger partial charge in [-0.15, -0.1) is 10.2 Å². The van der Waals surface area contributed by atoms with Crippen LogP contribution >= 0.6 is 11.8 Å². The fraction of sp³-hybridized carbons (Fsp3) is 0.304. The number of nitrogens with zero attached hydrogens (tertiary/aromatic N) is 3. The minimum absolute atomic E-state index is 0.0386. The molecule has 4 aromatic rings. The summed E-state index contributed by atoms with van der Waals surface area (Å²) in [6.45, 7) is 1.42. The first-order valence-electron chi connectivity index (χ1n) is 10.6. The summed E-state index contributed by atoms with van der Waals surface area (Å²) in [6.07, 6.45) is 4.11. The van der Waals surface area contributed by atoms with Crippen molar-refractivity contribution in [1.29, 1.82) is 0 Å². The minimum Gasteiger partial charge on any atom is -0.376 e. The number of thioether (sulfide) groups is 1. The number of fused-ring (bicyclic) bond motifs is 1. The first-order chi connectivity index (χ1) is 15.6. The van der Waals surface area contributed by atoms with Crippen LogP contribution in [0.4, 0.5) is 0 Å². The number of aromatic nitrogens is 4. The van der Waals surface area contributed by atoms with Crippen molar-refractivity contribution in [3.05, 3.63) is 60.8 Å². The van der Waals surface area contributed by atoms with Crippen molar-refractivity contribution in [3.63, 3.8) is 0 Å². The summed E-state index contributed by atoms with van der Waals surface area (Å²) in [7, 11) is -3.34. The third-order valence-corrected chi connectivity index (χ3v) is 8.60. The van der Waals surface area contributed by atoms with Crippen LogP contribution in [0.25, 0.3) is 22.3 Å². The second-order valence-corrected chi connectivity index (χ2v) is 11.0. The SMILES string of the molecule is O=S(=O)(CCSc1nnc(-c2c[nH]c3ccccc23)n1CC1CCCO1)c1ccccc1. The van der Waals surface area contributed by atoms with Gasteiger partial charge in [-0.3, -0.25) is 4.57 Å². The van der Waals surface area contributed by atoms with Gasteiger partial charge in [-0.05, 0) is 31.0 Å². The van der Waals surface area contributed by atoms with Crippen LogP contribution in [0.3, 0.4) is 0 Å². The number of benzene rings is 2. The fourth-order valence-corrected chi connectivity index (χ4v) is 6.61. The van der Waals surface area contributed by atoms with E-state index in [0.29, 0.717) is 22.3 Å². The molecule has 1 aliphatic heterocycles. The van der Waals surface area contributed by atoms with Gasteiger partial charge in [0.2, 0.25) is 0 Å². The molecule has 1 fully saturated rings. The van der Waals surface area contributed by atoms with Gasteiger partial charge in [-0.25, -0.2) is 8.42 Å². The monoisotopic (exact) mass is 468 g/mol. The average Bonchev–Trinajstić information content (AvgIpc) is 3.55. The van der Waals surface area contributed by atoms with E-state index >= 15 is 0 Å². The van der Waals surface area contributed by atoms with E-state index < -0.39 is 9.84 Å². The molecule has 1 atom stereocenters. The van der Waals surface area contributed by atoms with Crippen LogP contribution in [0.1, 0.15) is 12.8 Å². The summed E-state index contributed by atoms with van der Waals surface area (Å²) in [4.78, 5) is 3.65. The number of ether oxygens (including phenoxy) is 1. The molecule has 0 radical (unpaired) electrons. The Hall–Kier alpha value is -2.62. The van der Waals surface area contributed by atoms with Crippen molar-refractivity contribution in [3.8, 4) is 11.4 Å². The molecule has 1 saturated heterocycles. The Morgan fingerprint density at radius 1 is 1.09 bits per heavy atom. The van der Waals surface area contributed by atoms with Gasteiger partial charge in [0.15, 0.2) is 20.8 Å². The third-order valence-electron chi connectivity index (χ3n) is 5.64. The highest BCUT2D eigenvalue weighted by atomic mass is 32.2. The van der Waals surface area contributed by atoms with E-state index in [9.17, 15) is 8.42 Å². The molecule has 0 aliphatic carbocycles. The molecule has 3 heterocycles. The smallest absolute Gasteiger partial charge is 0.191 e. The van der Waals surface area contributed by atoms with Crippen LogP contribution in [0, 0.1) is 0 Å². The summed E-state index contributed by atoms with van der Waals surface area (Å²) in [6, 6.07) is 16.7. The molecule has 0 saturated carbocycles. The van der Waals surface area contributed by atoms with Crippen molar-refractivity contribution >= 4 is 32.5 Å². The highest BCUT2D eigenvalue weighted by Crippen LogP contribution is 2.31. The number of hydrogen-bond donors (Lipinski definition) is 1. The Morgan fingerprint density at radius 3 is 2.72 bits per heavy atom. The lowest BCUT2D eigenvalue weighted by Crippen LogP contribution is -2.17. The fourth-order valence-electron chi connectivity index (χ4n) is 4.00. The van der Waals surface area contributed by atoms with Gasteiger partial charge in [0.1, 0.15) is 0 Å². The molecule has 1 aliphatic rings. The molecule has 0 spiro atoms. The predicted octanol–water partition coefficient (Wildman–Crippen LogP) is 4.17. The van der Waals surface area contributed by atoms with Gasteiger partial charge in [-0.2, -0.15) is 0 Å². The summed E-state index contributed by atoms with van der Waals surface area (Å²) < 4.78 is 33.2. The van der Waals surface area contributed by atoms with Crippen LogP contribution in [0.15, 0.2) is 70.8 Å². The first kappa shape index (κ1) is 21.2. The number of para-hydroxylation sites is 1. The van der Waals surface area contributed by atoms with E-state index in [4.69, 9.17) is 4.74 Å². The molecule has 166 valence electrons. The van der Waals surface area contributed by atoms with E-state index in [1.807, 2.05) is 30.5 Å². The highest BCUT2D eigenvalue weighted by Gasteiger charge is 2.23. The van der Waals surface area contributed by atoms with Crippen LogP contribution < -0.4 is 0 Å². The van der Waals surface area contributed by atoms with Crippen LogP contribution in [-0.2, 0) is 21.1 Å². The number of nitrogens with one attached hydrogen (secondary N) is 1. The summed E-state index contributed by atoms with van der Waals surface area (Å²) in [5.41, 5.74) is 2.02. The first-order valence-corrected chi connectivity index (χ1v) is 13.3. The van der Waals surface area contributed by atoms with Crippen molar-refractivity contribution in [1.82, 2.24) is 19.7 Å². The molecule has 1 unspecified atom stereocenters. The molecule has 1 N–H and O–H groups in total. The minimum atomic E-state index is -3.34. The highest BCUT2D eigenvalue weighted by molar-refractivity contribution is 8.00. The lowest BCUT2D eigenvalue weighted by Gasteiger charge is -2.14. The van der Waals surface area contributed by atoms with Crippen LogP contribution in [0.5, 0.6) is 0 Å². The summed E-state index contributed by atoms with van der Waals surface area (Å²) in [5, 5.41) is 10.7. The maximum atomic E-state index is 12.6. The van der Waals surface area contributed by atoms with Gasteiger partial charge in [0.25, 0.3) is 0 Å². The number of aromatic amines is 1. The van der Waals surface area contributed by atoms with Gasteiger partial charge in [-0.1, -0.05) is 48.2 Å². The van der Waals surface area contributed by atoms with Crippen LogP contribution in [0.2, 0.25) is 0 Å². The lowest BCUT2D eigenvalue weighted by atomic mass is 10.1. The molecule has 0 bridgehead atoms. The van der Waals surface area contributed by atoms with Crippen molar-refractivity contribution in [2.75, 3.05) is 18.1 Å². The quantitative estimate of drug-likeness (QED) is 0.390. The largest absolute Gasteiger partial charge is 0.376 e. The summed E-state index contributed by atoms with van der Waals surface area (Å²) in [5.74, 6) is 1.21. The number of H-pyrrole nitrogens is 1. The lowest BCUT2D eigenvalue weighted by molar-refractivity contribution is 0.0953. The Kier molecular flexibility index (Phi) is 6.03. The topological polar surface area (TPSA) is 89.9 Å². The van der Waals surface area contributed by atoms with E-state index in [1.54, 1.807) is 24.3 Å². The second kappa shape index (κ2) is 9.09. The molecule has 2 aromatic carbocycles. The van der Waals surface area contributed by atoms with E-state index in [0.717, 1.165) is 41.7 Å². The summed E-state index contributed by atoms with van der Waals surface area (Å²) >= 11 is 1.42. The van der Waals surface area contributed by atoms with E-state index in [1.165, 1.54) is 11.8 Å². The zero-order valence-corrected chi connectivity index (χ0v) is 19.1. The Bertz CT molecular complexity index is 1310. The standard InChI is InChI=1S/C23H24N4O3S2/c28-32(29,18-8-2-1-3-9-18)14-13-31-23-26-25-22(27(23)16-17-7-6-12-30-17)20-15-24-21-11-5-4-10-19(20)21/h1-5,8-11,15,17,24H,6-7,12-14,16H2. The van der Waals surface area contributed by atoms with E-state index in [-0.39, 0.29) is 11.9 Å². The molecule has 5 rings (SSSR count). The second-order valence-electron chi connectivity index (χ2n) is 7.78. The van der Waals surface area contributed by atoms with Gasteiger partial charge >= 0.3 is 0 Å². The van der Waals surface area contributed by atoms with Gasteiger partial charge in [0.05, 0.1) is 23.3 Å². The number of hydrogen-bond acceptors (Lipinski definition) is 6. The molecule has 0 amide bonds. The molecule has 32 heavy (non-hydrogen) atoms. The molecule has 9 heteroatoms. The van der Waals surface area contributed by atoms with Crippen LogP contribution in [-0.4, -0.2) is 52.4 Å². The van der Waals surface area contributed by atoms with Crippen molar-refractivity contribution < 1.29 is 13.2 Å². The maximum Gasteiger partial charge on any atom is 0.191 e. The molecule has 2 aromatic heterocycles. The molecular formula is C23H24N4O3S2. The molecule has 7 nitrogen and oxygen atoms in total. The Balaban J connectivity index is 1.41. The predicted molar refractivity (Wildman–Crippen MR) is 126 cm³/mol. The van der Waals surface area contributed by atoms with Crippen molar-refractivity contribution in [2.45, 2.75) is 35.5 Å². The Morgan fingerprint density at radius 2 is 1.91 bits per heavy atom. The number of sulfone groups is 1.